The van der Waals surface area contributed by atoms with Gasteiger partial charge in [0.25, 0.3) is 0 Å². The van der Waals surface area contributed by atoms with Crippen molar-refractivity contribution in [1.29, 1.82) is 0 Å². The summed E-state index contributed by atoms with van der Waals surface area (Å²) in [5.41, 5.74) is -0.529. The fraction of sp³-hybridized carbons (Fsp3) is 0.889. The SMILES string of the molecule is CC(Cl)C(=O)NC1(CO)CCOCC1. The van der Waals surface area contributed by atoms with Crippen molar-refractivity contribution in [2.75, 3.05) is 19.8 Å². The summed E-state index contributed by atoms with van der Waals surface area (Å²) in [4.78, 5) is 11.4. The molecule has 0 aromatic heterocycles. The van der Waals surface area contributed by atoms with Gasteiger partial charge in [0.1, 0.15) is 5.38 Å². The molecule has 1 aliphatic heterocycles. The van der Waals surface area contributed by atoms with Crippen LogP contribution in [0, 0.1) is 0 Å². The molecule has 0 bridgehead atoms. The van der Waals surface area contributed by atoms with Crippen LogP contribution >= 0.6 is 11.6 Å². The fourth-order valence-electron chi connectivity index (χ4n) is 1.45. The number of hydrogen-bond acceptors (Lipinski definition) is 3. The van der Waals surface area contributed by atoms with Crippen LogP contribution in [0.3, 0.4) is 0 Å². The lowest BCUT2D eigenvalue weighted by molar-refractivity contribution is -0.124. The van der Waals surface area contributed by atoms with Crippen molar-refractivity contribution in [1.82, 2.24) is 5.32 Å². The van der Waals surface area contributed by atoms with Gasteiger partial charge in [-0.25, -0.2) is 0 Å². The molecule has 1 unspecified atom stereocenters. The van der Waals surface area contributed by atoms with Gasteiger partial charge in [-0.3, -0.25) is 4.79 Å². The molecule has 14 heavy (non-hydrogen) atoms. The third-order valence-electron chi connectivity index (χ3n) is 2.50. The van der Waals surface area contributed by atoms with E-state index in [1.54, 1.807) is 6.92 Å². The van der Waals surface area contributed by atoms with E-state index >= 15 is 0 Å². The highest BCUT2D eigenvalue weighted by atomic mass is 35.5. The number of aliphatic hydroxyl groups excluding tert-OH is 1. The Bertz CT molecular complexity index is 202. The van der Waals surface area contributed by atoms with Crippen molar-refractivity contribution in [3.63, 3.8) is 0 Å². The maximum absolute atomic E-state index is 11.4. The Morgan fingerprint density at radius 3 is 2.64 bits per heavy atom. The summed E-state index contributed by atoms with van der Waals surface area (Å²) in [6, 6.07) is 0. The van der Waals surface area contributed by atoms with Gasteiger partial charge < -0.3 is 15.2 Å². The largest absolute Gasteiger partial charge is 0.394 e. The minimum absolute atomic E-state index is 0.0638. The average Bonchev–Trinajstić information content (AvgIpc) is 2.19. The lowest BCUT2D eigenvalue weighted by atomic mass is 9.91. The molecule has 0 aromatic rings. The monoisotopic (exact) mass is 221 g/mol. The Morgan fingerprint density at radius 2 is 2.21 bits per heavy atom. The van der Waals surface area contributed by atoms with E-state index in [9.17, 15) is 9.90 Å². The van der Waals surface area contributed by atoms with Gasteiger partial charge in [-0.2, -0.15) is 0 Å². The van der Waals surface area contributed by atoms with Crippen molar-refractivity contribution in [2.24, 2.45) is 0 Å². The average molecular weight is 222 g/mol. The maximum Gasteiger partial charge on any atom is 0.238 e. The number of nitrogens with one attached hydrogen (secondary N) is 1. The van der Waals surface area contributed by atoms with Crippen LogP contribution in [-0.4, -0.2) is 41.8 Å². The van der Waals surface area contributed by atoms with Crippen LogP contribution in [0.2, 0.25) is 0 Å². The molecule has 2 N–H and O–H groups in total. The van der Waals surface area contributed by atoms with Gasteiger partial charge in [0.15, 0.2) is 0 Å². The van der Waals surface area contributed by atoms with Gasteiger partial charge in [0, 0.05) is 13.2 Å². The zero-order chi connectivity index (χ0) is 10.6. The highest BCUT2D eigenvalue weighted by Crippen LogP contribution is 2.20. The molecule has 1 heterocycles. The summed E-state index contributed by atoms with van der Waals surface area (Å²) >= 11 is 5.64. The van der Waals surface area contributed by atoms with Crippen LogP contribution in [0.4, 0.5) is 0 Å². The first-order valence-corrected chi connectivity index (χ1v) is 5.18. The smallest absolute Gasteiger partial charge is 0.238 e. The summed E-state index contributed by atoms with van der Waals surface area (Å²) < 4.78 is 5.17. The van der Waals surface area contributed by atoms with Crippen LogP contribution in [-0.2, 0) is 9.53 Å². The highest BCUT2D eigenvalue weighted by molar-refractivity contribution is 6.30. The van der Waals surface area contributed by atoms with Crippen molar-refractivity contribution in [3.05, 3.63) is 0 Å². The summed E-state index contributed by atoms with van der Waals surface area (Å²) in [6.45, 7) is 2.68. The first-order valence-electron chi connectivity index (χ1n) is 4.74. The zero-order valence-electron chi connectivity index (χ0n) is 8.25. The maximum atomic E-state index is 11.4. The molecule has 1 saturated heterocycles. The van der Waals surface area contributed by atoms with E-state index in [1.807, 2.05) is 0 Å². The predicted molar refractivity (Wildman–Crippen MR) is 53.3 cm³/mol. The summed E-state index contributed by atoms with van der Waals surface area (Å²) in [6.07, 6.45) is 1.28. The molecule has 1 aliphatic rings. The van der Waals surface area contributed by atoms with E-state index < -0.39 is 10.9 Å². The van der Waals surface area contributed by atoms with Gasteiger partial charge in [-0.05, 0) is 19.8 Å². The standard InChI is InChI=1S/C9H16ClNO3/c1-7(10)8(13)11-9(6-12)2-4-14-5-3-9/h7,12H,2-6H2,1H3,(H,11,13). The molecule has 0 radical (unpaired) electrons. The third kappa shape index (κ3) is 2.83. The van der Waals surface area contributed by atoms with Crippen LogP contribution in [0.1, 0.15) is 19.8 Å². The second-order valence-corrected chi connectivity index (χ2v) is 4.31. The Morgan fingerprint density at radius 1 is 1.64 bits per heavy atom. The Balaban J connectivity index is 2.56. The first kappa shape index (κ1) is 11.8. The van der Waals surface area contributed by atoms with Crippen molar-refractivity contribution < 1.29 is 14.6 Å². The number of carbonyl (C=O) groups is 1. The molecule has 0 aliphatic carbocycles. The Kier molecular flexibility index (Phi) is 4.16. The van der Waals surface area contributed by atoms with Crippen LogP contribution in [0.15, 0.2) is 0 Å². The van der Waals surface area contributed by atoms with Crippen LogP contribution in [0.5, 0.6) is 0 Å². The number of amides is 1. The number of carbonyl (C=O) groups excluding carboxylic acids is 1. The third-order valence-corrected chi connectivity index (χ3v) is 2.70. The minimum atomic E-state index is -0.568. The quantitative estimate of drug-likeness (QED) is 0.673. The van der Waals surface area contributed by atoms with E-state index in [1.165, 1.54) is 0 Å². The normalized spacial score (nSPS) is 22.8. The van der Waals surface area contributed by atoms with E-state index in [2.05, 4.69) is 5.32 Å². The highest BCUT2D eigenvalue weighted by Gasteiger charge is 2.34. The fourth-order valence-corrected chi connectivity index (χ4v) is 1.50. The molecule has 82 valence electrons. The number of ether oxygens (including phenoxy) is 1. The molecule has 1 amide bonds. The molecular weight excluding hydrogens is 206 g/mol. The predicted octanol–water partition coefficient (Wildman–Crippen LogP) is 0.271. The summed E-state index contributed by atoms with van der Waals surface area (Å²) in [5.74, 6) is -0.234. The summed E-state index contributed by atoms with van der Waals surface area (Å²) in [7, 11) is 0. The van der Waals surface area contributed by atoms with E-state index in [0.29, 0.717) is 26.1 Å². The molecule has 1 fully saturated rings. The van der Waals surface area contributed by atoms with Gasteiger partial charge in [-0.15, -0.1) is 11.6 Å². The number of alkyl halides is 1. The van der Waals surface area contributed by atoms with Gasteiger partial charge in [0.2, 0.25) is 5.91 Å². The lowest BCUT2D eigenvalue weighted by Gasteiger charge is -2.36. The van der Waals surface area contributed by atoms with E-state index in [4.69, 9.17) is 16.3 Å². The summed E-state index contributed by atoms with van der Waals surface area (Å²) in [5, 5.41) is 11.5. The molecular formula is C9H16ClNO3. The molecule has 1 atom stereocenters. The topological polar surface area (TPSA) is 58.6 Å². The molecule has 4 nitrogen and oxygen atoms in total. The van der Waals surface area contributed by atoms with E-state index in [-0.39, 0.29) is 12.5 Å². The molecule has 0 saturated carbocycles. The van der Waals surface area contributed by atoms with Gasteiger partial charge in [-0.1, -0.05) is 0 Å². The molecule has 5 heteroatoms. The minimum Gasteiger partial charge on any atom is -0.394 e. The lowest BCUT2D eigenvalue weighted by Crippen LogP contribution is -2.56. The molecule has 0 spiro atoms. The van der Waals surface area contributed by atoms with Gasteiger partial charge >= 0.3 is 0 Å². The number of rotatable bonds is 3. The number of halogens is 1. The molecule has 1 rings (SSSR count). The first-order chi connectivity index (χ1) is 6.59. The number of hydrogen-bond donors (Lipinski definition) is 2. The van der Waals surface area contributed by atoms with Crippen molar-refractivity contribution in [2.45, 2.75) is 30.7 Å². The van der Waals surface area contributed by atoms with Crippen LogP contribution in [0.25, 0.3) is 0 Å². The second kappa shape index (κ2) is 4.96. The van der Waals surface area contributed by atoms with E-state index in [0.717, 1.165) is 0 Å². The van der Waals surface area contributed by atoms with Gasteiger partial charge in [0.05, 0.1) is 12.1 Å². The number of aliphatic hydroxyl groups is 1. The Labute approximate surface area is 88.6 Å². The van der Waals surface area contributed by atoms with Crippen LogP contribution < -0.4 is 5.32 Å². The Hall–Kier alpha value is -0.320. The van der Waals surface area contributed by atoms with Crippen molar-refractivity contribution in [3.8, 4) is 0 Å². The van der Waals surface area contributed by atoms with Crippen molar-refractivity contribution >= 4 is 17.5 Å². The zero-order valence-corrected chi connectivity index (χ0v) is 9.01. The second-order valence-electron chi connectivity index (χ2n) is 3.66. The molecule has 0 aromatic carbocycles.